The molecule has 0 amide bonds. The van der Waals surface area contributed by atoms with E-state index in [-0.39, 0.29) is 6.10 Å². The third-order valence-electron chi connectivity index (χ3n) is 4.46. The van der Waals surface area contributed by atoms with E-state index in [1.165, 1.54) is 0 Å². The minimum absolute atomic E-state index is 0.0934. The first-order valence-corrected chi connectivity index (χ1v) is 10.0. The average Bonchev–Trinajstić information content (AvgIpc) is 3.13. The van der Waals surface area contributed by atoms with Crippen LogP contribution in [0.4, 0.5) is 0 Å². The van der Waals surface area contributed by atoms with Gasteiger partial charge in [-0.2, -0.15) is 0 Å². The number of benzene rings is 1. The number of thiophene rings is 1. The van der Waals surface area contributed by atoms with Crippen LogP contribution in [-0.4, -0.2) is 24.3 Å². The molecule has 2 aromatic heterocycles. The third kappa shape index (κ3) is 3.93. The maximum absolute atomic E-state index is 6.42. The molecule has 3 nitrogen and oxygen atoms in total. The molecule has 26 heavy (non-hydrogen) atoms. The van der Waals surface area contributed by atoms with E-state index in [1.807, 2.05) is 25.1 Å². The Morgan fingerprint density at radius 2 is 2.12 bits per heavy atom. The van der Waals surface area contributed by atoms with Crippen LogP contribution in [0.1, 0.15) is 18.4 Å². The number of ether oxygens (including phenoxy) is 2. The normalized spacial score (nSPS) is 17.2. The molecule has 3 aromatic rings. The highest BCUT2D eigenvalue weighted by Crippen LogP contribution is 2.37. The average molecular weight is 386 g/mol. The molecule has 0 spiro atoms. The predicted molar refractivity (Wildman–Crippen MR) is 107 cm³/mol. The summed E-state index contributed by atoms with van der Waals surface area (Å²) in [5.41, 5.74) is 4.47. The van der Waals surface area contributed by atoms with Gasteiger partial charge >= 0.3 is 0 Å². The summed E-state index contributed by atoms with van der Waals surface area (Å²) in [6, 6.07) is 12.3. The lowest BCUT2D eigenvalue weighted by atomic mass is 10.1. The van der Waals surface area contributed by atoms with Gasteiger partial charge in [-0.25, -0.2) is 4.98 Å². The number of rotatable bonds is 4. The lowest BCUT2D eigenvalue weighted by Crippen LogP contribution is -2.28. The summed E-state index contributed by atoms with van der Waals surface area (Å²) in [5, 5.41) is 2.93. The van der Waals surface area contributed by atoms with Gasteiger partial charge in [0, 0.05) is 34.3 Å². The van der Waals surface area contributed by atoms with Crippen molar-refractivity contribution in [3.63, 3.8) is 0 Å². The van der Waals surface area contributed by atoms with Gasteiger partial charge in [0.1, 0.15) is 6.10 Å². The zero-order valence-electron chi connectivity index (χ0n) is 14.6. The molecular weight excluding hydrogens is 366 g/mol. The summed E-state index contributed by atoms with van der Waals surface area (Å²) in [5.74, 6) is 0.652. The first-order valence-electron chi connectivity index (χ1n) is 8.75. The summed E-state index contributed by atoms with van der Waals surface area (Å²) in [4.78, 5) is 5.51. The van der Waals surface area contributed by atoms with E-state index in [4.69, 9.17) is 21.1 Å². The first-order chi connectivity index (χ1) is 12.7. The molecule has 1 aliphatic rings. The highest BCUT2D eigenvalue weighted by atomic mass is 35.5. The summed E-state index contributed by atoms with van der Waals surface area (Å²) in [7, 11) is 0. The SMILES string of the molecule is Cc1ccc(-c2cc(-c3ccnc(OC4CCCOC4)c3)cs2)c(Cl)c1. The fourth-order valence-corrected chi connectivity index (χ4v) is 4.43. The molecule has 0 radical (unpaired) electrons. The van der Waals surface area contributed by atoms with Crippen LogP contribution in [0.5, 0.6) is 5.88 Å². The van der Waals surface area contributed by atoms with Crippen molar-refractivity contribution in [1.82, 2.24) is 4.98 Å². The number of hydrogen-bond donors (Lipinski definition) is 0. The van der Waals surface area contributed by atoms with Crippen LogP contribution in [0.25, 0.3) is 21.6 Å². The highest BCUT2D eigenvalue weighted by Gasteiger charge is 2.16. The van der Waals surface area contributed by atoms with Crippen LogP contribution < -0.4 is 4.74 Å². The van der Waals surface area contributed by atoms with Gasteiger partial charge in [-0.05, 0) is 60.0 Å². The van der Waals surface area contributed by atoms with Crippen molar-refractivity contribution in [2.75, 3.05) is 13.2 Å². The van der Waals surface area contributed by atoms with Gasteiger partial charge in [-0.15, -0.1) is 11.3 Å². The molecule has 0 aliphatic carbocycles. The maximum Gasteiger partial charge on any atom is 0.214 e. The second-order valence-corrected chi connectivity index (χ2v) is 7.84. The molecule has 4 rings (SSSR count). The van der Waals surface area contributed by atoms with E-state index in [0.717, 1.165) is 51.6 Å². The Labute approximate surface area is 162 Å². The van der Waals surface area contributed by atoms with Crippen LogP contribution in [0.2, 0.25) is 5.02 Å². The van der Waals surface area contributed by atoms with E-state index >= 15 is 0 Å². The summed E-state index contributed by atoms with van der Waals surface area (Å²) < 4.78 is 11.5. The molecule has 0 bridgehead atoms. The number of aromatic nitrogens is 1. The van der Waals surface area contributed by atoms with E-state index in [1.54, 1.807) is 17.5 Å². The lowest BCUT2D eigenvalue weighted by Gasteiger charge is -2.22. The van der Waals surface area contributed by atoms with Crippen molar-refractivity contribution >= 4 is 22.9 Å². The third-order valence-corrected chi connectivity index (χ3v) is 5.74. The van der Waals surface area contributed by atoms with Crippen LogP contribution in [0.15, 0.2) is 48.0 Å². The number of aryl methyl sites for hydroxylation is 1. The molecule has 1 aromatic carbocycles. The topological polar surface area (TPSA) is 31.4 Å². The van der Waals surface area contributed by atoms with Gasteiger partial charge in [-0.3, -0.25) is 0 Å². The highest BCUT2D eigenvalue weighted by molar-refractivity contribution is 7.14. The van der Waals surface area contributed by atoms with Crippen molar-refractivity contribution < 1.29 is 9.47 Å². The molecular formula is C21H20ClNO2S. The van der Waals surface area contributed by atoms with E-state index in [9.17, 15) is 0 Å². The van der Waals surface area contributed by atoms with E-state index < -0.39 is 0 Å². The Morgan fingerprint density at radius 3 is 2.92 bits per heavy atom. The number of hydrogen-bond acceptors (Lipinski definition) is 4. The smallest absolute Gasteiger partial charge is 0.214 e. The quantitative estimate of drug-likeness (QED) is 0.552. The van der Waals surface area contributed by atoms with Gasteiger partial charge < -0.3 is 9.47 Å². The Kier molecular flexibility index (Phi) is 5.25. The zero-order chi connectivity index (χ0) is 17.9. The van der Waals surface area contributed by atoms with Crippen molar-refractivity contribution in [3.05, 3.63) is 58.6 Å². The number of pyridine rings is 1. The monoisotopic (exact) mass is 385 g/mol. The van der Waals surface area contributed by atoms with Crippen molar-refractivity contribution in [2.24, 2.45) is 0 Å². The first kappa shape index (κ1) is 17.5. The molecule has 0 N–H and O–H groups in total. The summed E-state index contributed by atoms with van der Waals surface area (Å²) >= 11 is 8.11. The minimum atomic E-state index is 0.0934. The molecule has 1 atom stereocenters. The van der Waals surface area contributed by atoms with Crippen molar-refractivity contribution in [3.8, 4) is 27.4 Å². The molecule has 0 saturated carbocycles. The fourth-order valence-electron chi connectivity index (χ4n) is 3.08. The number of nitrogens with zero attached hydrogens (tertiary/aromatic N) is 1. The van der Waals surface area contributed by atoms with E-state index in [0.29, 0.717) is 12.5 Å². The van der Waals surface area contributed by atoms with Gasteiger partial charge in [0.15, 0.2) is 0 Å². The molecule has 134 valence electrons. The fraction of sp³-hybridized carbons (Fsp3) is 0.286. The standard InChI is InChI=1S/C21H20ClNO2S/c1-14-4-5-18(19(22)9-14)20-10-16(13-26-20)15-6-7-23-21(11-15)25-17-3-2-8-24-12-17/h4-7,9-11,13,17H,2-3,8,12H2,1H3. The van der Waals surface area contributed by atoms with Gasteiger partial charge in [-0.1, -0.05) is 23.7 Å². The maximum atomic E-state index is 6.42. The molecule has 1 aliphatic heterocycles. The largest absolute Gasteiger partial charge is 0.472 e. The minimum Gasteiger partial charge on any atom is -0.472 e. The van der Waals surface area contributed by atoms with Gasteiger partial charge in [0.05, 0.1) is 6.61 Å². The Balaban J connectivity index is 1.56. The predicted octanol–water partition coefficient (Wildman–Crippen LogP) is 6.00. The second kappa shape index (κ2) is 7.78. The molecule has 3 heterocycles. The zero-order valence-corrected chi connectivity index (χ0v) is 16.1. The van der Waals surface area contributed by atoms with Crippen LogP contribution in [-0.2, 0) is 4.74 Å². The van der Waals surface area contributed by atoms with Crippen molar-refractivity contribution in [2.45, 2.75) is 25.9 Å². The molecule has 1 saturated heterocycles. The van der Waals surface area contributed by atoms with Crippen LogP contribution >= 0.6 is 22.9 Å². The number of halogens is 1. The van der Waals surface area contributed by atoms with Gasteiger partial charge in [0.25, 0.3) is 0 Å². The Morgan fingerprint density at radius 1 is 1.19 bits per heavy atom. The molecule has 1 fully saturated rings. The van der Waals surface area contributed by atoms with Crippen LogP contribution in [0, 0.1) is 6.92 Å². The second-order valence-electron chi connectivity index (χ2n) is 6.52. The van der Waals surface area contributed by atoms with E-state index in [2.05, 4.69) is 28.6 Å². The Hall–Kier alpha value is -1.88. The van der Waals surface area contributed by atoms with Gasteiger partial charge in [0.2, 0.25) is 5.88 Å². The van der Waals surface area contributed by atoms with Crippen LogP contribution in [0.3, 0.4) is 0 Å². The molecule has 1 unspecified atom stereocenters. The summed E-state index contributed by atoms with van der Waals surface area (Å²) in [6.07, 6.45) is 3.94. The van der Waals surface area contributed by atoms with Crippen molar-refractivity contribution in [1.29, 1.82) is 0 Å². The molecule has 5 heteroatoms. The Bertz CT molecular complexity index is 903. The lowest BCUT2D eigenvalue weighted by molar-refractivity contribution is 0.00552. The summed E-state index contributed by atoms with van der Waals surface area (Å²) in [6.45, 7) is 3.51.